The van der Waals surface area contributed by atoms with E-state index in [0.717, 1.165) is 0 Å². The molecule has 0 aliphatic carbocycles. The minimum Gasteiger partial charge on any atom is -0.507 e. The number of phenolic OH excluding ortho intramolecular Hbond substituents is 2. The van der Waals surface area contributed by atoms with Gasteiger partial charge in [-0.3, -0.25) is 4.79 Å². The smallest absolute Gasteiger partial charge is 0.343 e. The number of rotatable bonds is 4. The number of ether oxygens (including phenoxy) is 1. The van der Waals surface area contributed by atoms with Crippen LogP contribution in [0.5, 0.6) is 17.2 Å². The van der Waals surface area contributed by atoms with E-state index in [0.29, 0.717) is 16.7 Å². The normalized spacial score (nSPS) is 11.8. The van der Waals surface area contributed by atoms with E-state index in [9.17, 15) is 19.8 Å². The third-order valence-electron chi connectivity index (χ3n) is 5.43. The lowest BCUT2D eigenvalue weighted by molar-refractivity contribution is 0.0732. The third kappa shape index (κ3) is 5.08. The van der Waals surface area contributed by atoms with Crippen LogP contribution in [0.4, 0.5) is 0 Å². The number of benzene rings is 3. The fraction of sp³-hybridized carbons (Fsp3) is 0.286. The van der Waals surface area contributed by atoms with E-state index >= 15 is 0 Å². The van der Waals surface area contributed by atoms with Gasteiger partial charge >= 0.3 is 5.97 Å². The van der Waals surface area contributed by atoms with Gasteiger partial charge in [0.2, 0.25) is 5.78 Å². The van der Waals surface area contributed by atoms with Crippen molar-refractivity contribution in [1.82, 2.24) is 0 Å². The molecule has 0 bridgehead atoms. The Hall–Kier alpha value is -3.60. The molecule has 5 nitrogen and oxygen atoms in total. The SMILES string of the molecule is CC(C)(C)c1cc(C(=O)Oc2cccc(O)c2C(=O)c2ccccc2)cc(C(C)(C)C)c1O. The van der Waals surface area contributed by atoms with Crippen molar-refractivity contribution >= 4 is 11.8 Å². The van der Waals surface area contributed by atoms with Gasteiger partial charge in [0, 0.05) is 16.7 Å². The second kappa shape index (κ2) is 8.74. The zero-order valence-corrected chi connectivity index (χ0v) is 19.9. The lowest BCUT2D eigenvalue weighted by Gasteiger charge is -2.28. The second-order valence-electron chi connectivity index (χ2n) is 10.2. The van der Waals surface area contributed by atoms with Gasteiger partial charge in [0.1, 0.15) is 22.8 Å². The molecule has 3 rings (SSSR count). The van der Waals surface area contributed by atoms with Crippen LogP contribution in [0, 0.1) is 0 Å². The molecule has 0 heterocycles. The lowest BCUT2D eigenvalue weighted by Crippen LogP contribution is -2.20. The maximum Gasteiger partial charge on any atom is 0.343 e. The Bertz CT molecular complexity index is 1160. The molecule has 0 fully saturated rings. The Balaban J connectivity index is 2.07. The van der Waals surface area contributed by atoms with Crippen LogP contribution in [-0.2, 0) is 10.8 Å². The zero-order valence-electron chi connectivity index (χ0n) is 19.9. The number of esters is 1. The van der Waals surface area contributed by atoms with Crippen molar-refractivity contribution in [2.45, 2.75) is 52.4 Å². The highest BCUT2D eigenvalue weighted by Gasteiger charge is 2.29. The second-order valence-corrected chi connectivity index (χ2v) is 10.2. The number of hydrogen-bond donors (Lipinski definition) is 2. The average molecular weight is 447 g/mol. The van der Waals surface area contributed by atoms with Gasteiger partial charge in [0.05, 0.1) is 5.56 Å². The van der Waals surface area contributed by atoms with Crippen molar-refractivity contribution in [2.24, 2.45) is 0 Å². The molecule has 0 saturated carbocycles. The fourth-order valence-corrected chi connectivity index (χ4v) is 3.62. The molecule has 3 aromatic carbocycles. The third-order valence-corrected chi connectivity index (χ3v) is 5.43. The van der Waals surface area contributed by atoms with Gasteiger partial charge < -0.3 is 14.9 Å². The molecule has 33 heavy (non-hydrogen) atoms. The fourth-order valence-electron chi connectivity index (χ4n) is 3.62. The number of hydrogen-bond acceptors (Lipinski definition) is 5. The molecule has 0 aliphatic heterocycles. The summed E-state index contributed by atoms with van der Waals surface area (Å²) < 4.78 is 5.63. The molecule has 3 aromatic rings. The van der Waals surface area contributed by atoms with Crippen LogP contribution in [0.1, 0.15) is 78.9 Å². The predicted molar refractivity (Wildman–Crippen MR) is 128 cm³/mol. The van der Waals surface area contributed by atoms with Crippen molar-refractivity contribution in [2.75, 3.05) is 0 Å². The van der Waals surface area contributed by atoms with E-state index in [4.69, 9.17) is 4.74 Å². The molecule has 0 amide bonds. The van der Waals surface area contributed by atoms with Crippen LogP contribution in [0.25, 0.3) is 0 Å². The standard InChI is InChI=1S/C28H30O5/c1-27(2,3)19-15-18(16-20(25(19)31)28(4,5)6)26(32)33-22-14-10-13-21(29)23(22)24(30)17-11-8-7-9-12-17/h7-16,29,31H,1-6H3. The largest absolute Gasteiger partial charge is 0.507 e. The van der Waals surface area contributed by atoms with Crippen LogP contribution in [-0.4, -0.2) is 22.0 Å². The molecule has 0 aliphatic rings. The van der Waals surface area contributed by atoms with E-state index in [-0.39, 0.29) is 28.4 Å². The van der Waals surface area contributed by atoms with Gasteiger partial charge in [-0.05, 0) is 35.1 Å². The van der Waals surface area contributed by atoms with E-state index in [2.05, 4.69) is 0 Å². The Kier molecular flexibility index (Phi) is 6.37. The van der Waals surface area contributed by atoms with Crippen molar-refractivity contribution in [3.8, 4) is 17.2 Å². The summed E-state index contributed by atoms with van der Waals surface area (Å²) >= 11 is 0. The zero-order chi connectivity index (χ0) is 24.6. The number of phenols is 2. The lowest BCUT2D eigenvalue weighted by atomic mass is 9.78. The van der Waals surface area contributed by atoms with Crippen molar-refractivity contribution in [3.05, 3.63) is 88.5 Å². The summed E-state index contributed by atoms with van der Waals surface area (Å²) in [5.74, 6) is -1.28. The number of ketones is 1. The van der Waals surface area contributed by atoms with Gasteiger partial charge in [0.25, 0.3) is 0 Å². The summed E-state index contributed by atoms with van der Waals surface area (Å²) in [5.41, 5.74) is 0.953. The number of carbonyl (C=O) groups is 2. The first kappa shape index (κ1) is 24.1. The minimum absolute atomic E-state index is 0.0310. The average Bonchev–Trinajstić information content (AvgIpc) is 2.72. The van der Waals surface area contributed by atoms with Gasteiger partial charge in [-0.2, -0.15) is 0 Å². The van der Waals surface area contributed by atoms with E-state index in [1.54, 1.807) is 42.5 Å². The van der Waals surface area contributed by atoms with Crippen molar-refractivity contribution < 1.29 is 24.5 Å². The van der Waals surface area contributed by atoms with Gasteiger partial charge in [-0.15, -0.1) is 0 Å². The quantitative estimate of drug-likeness (QED) is 0.286. The Morgan fingerprint density at radius 2 is 1.27 bits per heavy atom. The van der Waals surface area contributed by atoms with Crippen LogP contribution < -0.4 is 4.74 Å². The summed E-state index contributed by atoms with van der Waals surface area (Å²) in [5, 5.41) is 21.3. The van der Waals surface area contributed by atoms with Crippen molar-refractivity contribution in [3.63, 3.8) is 0 Å². The molecule has 0 aromatic heterocycles. The van der Waals surface area contributed by atoms with Crippen LogP contribution in [0.15, 0.2) is 60.7 Å². The molecule has 0 spiro atoms. The first-order valence-corrected chi connectivity index (χ1v) is 10.8. The van der Waals surface area contributed by atoms with Gasteiger partial charge in [0.15, 0.2) is 0 Å². The van der Waals surface area contributed by atoms with E-state index in [1.807, 2.05) is 41.5 Å². The highest BCUT2D eigenvalue weighted by atomic mass is 16.5. The molecular formula is C28H30O5. The summed E-state index contributed by atoms with van der Waals surface area (Å²) in [6, 6.07) is 16.1. The Labute approximate surface area is 194 Å². The maximum absolute atomic E-state index is 13.2. The van der Waals surface area contributed by atoms with Gasteiger partial charge in [-0.1, -0.05) is 77.9 Å². The maximum atomic E-state index is 13.2. The topological polar surface area (TPSA) is 83.8 Å². The monoisotopic (exact) mass is 446 g/mol. The van der Waals surface area contributed by atoms with E-state index < -0.39 is 22.6 Å². The highest BCUT2D eigenvalue weighted by Crippen LogP contribution is 2.40. The highest BCUT2D eigenvalue weighted by molar-refractivity contribution is 6.13. The summed E-state index contributed by atoms with van der Waals surface area (Å²) in [4.78, 5) is 26.2. The predicted octanol–water partition coefficient (Wildman–Crippen LogP) is 6.14. The Morgan fingerprint density at radius 3 is 1.79 bits per heavy atom. The molecule has 172 valence electrons. The van der Waals surface area contributed by atoms with E-state index in [1.165, 1.54) is 18.2 Å². The summed E-state index contributed by atoms with van der Waals surface area (Å²) in [7, 11) is 0. The molecule has 2 N–H and O–H groups in total. The number of aromatic hydroxyl groups is 2. The first-order chi connectivity index (χ1) is 15.3. The summed E-state index contributed by atoms with van der Waals surface area (Å²) in [6.45, 7) is 11.7. The molecular weight excluding hydrogens is 416 g/mol. The van der Waals surface area contributed by atoms with Gasteiger partial charge in [-0.25, -0.2) is 4.79 Å². The van der Waals surface area contributed by atoms with Crippen molar-refractivity contribution in [1.29, 1.82) is 0 Å². The van der Waals surface area contributed by atoms with Crippen LogP contribution in [0.2, 0.25) is 0 Å². The van der Waals surface area contributed by atoms with Crippen LogP contribution >= 0.6 is 0 Å². The Morgan fingerprint density at radius 1 is 0.727 bits per heavy atom. The summed E-state index contributed by atoms with van der Waals surface area (Å²) in [6.07, 6.45) is 0. The molecule has 0 unspecified atom stereocenters. The molecule has 0 atom stereocenters. The molecule has 5 heteroatoms. The molecule has 0 radical (unpaired) electrons. The molecule has 0 saturated heterocycles. The van der Waals surface area contributed by atoms with Crippen LogP contribution in [0.3, 0.4) is 0 Å². The minimum atomic E-state index is -0.682. The number of carbonyl (C=O) groups excluding carboxylic acids is 2. The first-order valence-electron chi connectivity index (χ1n) is 10.8.